The topological polar surface area (TPSA) is 52.6 Å². The molecule has 0 aromatic heterocycles. The van der Waals surface area contributed by atoms with Gasteiger partial charge in [-0.1, -0.05) is 17.7 Å². The van der Waals surface area contributed by atoms with E-state index >= 15 is 0 Å². The van der Waals surface area contributed by atoms with E-state index in [4.69, 9.17) is 0 Å². The highest BCUT2D eigenvalue weighted by Gasteiger charge is 2.27. The molecule has 0 heterocycles. The van der Waals surface area contributed by atoms with Crippen LogP contribution in [0.1, 0.15) is 5.56 Å². The summed E-state index contributed by atoms with van der Waals surface area (Å²) in [5, 5.41) is 0. The average Bonchev–Trinajstić information content (AvgIpc) is 2.27. The Morgan fingerprint density at radius 1 is 1.11 bits per heavy atom. The third-order valence-corrected chi connectivity index (χ3v) is 3.37. The number of aryl methyl sites for hydroxylation is 1. The normalized spacial score (nSPS) is 12.6. The molecule has 4 nitrogen and oxygen atoms in total. The van der Waals surface area contributed by atoms with Crippen molar-refractivity contribution in [1.82, 2.24) is 0 Å². The van der Waals surface area contributed by atoms with Crippen molar-refractivity contribution < 1.29 is 30.5 Å². The molecule has 0 atom stereocenters. The maximum Gasteiger partial charge on any atom is 0.411 e. The highest BCUT2D eigenvalue weighted by molar-refractivity contribution is 7.86. The first kappa shape index (κ1) is 15.9. The molecule has 0 aliphatic carbocycles. The monoisotopic (exact) mass is 298 g/mol. The van der Waals surface area contributed by atoms with Crippen LogP contribution < -0.4 is 0 Å². The molecule has 8 heteroatoms. The number of ether oxygens (including phenoxy) is 1. The molecule has 0 saturated carbocycles. The number of hydrogen-bond acceptors (Lipinski definition) is 4. The van der Waals surface area contributed by atoms with Gasteiger partial charge >= 0.3 is 6.18 Å². The summed E-state index contributed by atoms with van der Waals surface area (Å²) in [4.78, 5) is -0.0473. The Balaban J connectivity index is 2.42. The van der Waals surface area contributed by atoms with Gasteiger partial charge < -0.3 is 4.74 Å². The van der Waals surface area contributed by atoms with Crippen LogP contribution in [0.3, 0.4) is 0 Å². The first-order chi connectivity index (χ1) is 8.71. The molecular weight excluding hydrogens is 285 g/mol. The molecule has 0 bridgehead atoms. The Bertz CT molecular complexity index is 494. The molecule has 1 aromatic rings. The first-order valence-corrected chi connectivity index (χ1v) is 6.72. The molecule has 108 valence electrons. The SMILES string of the molecule is Cc1ccc(S(=O)(=O)OCCOCC(F)(F)F)cc1. The van der Waals surface area contributed by atoms with E-state index in [1.165, 1.54) is 12.1 Å². The highest BCUT2D eigenvalue weighted by Crippen LogP contribution is 2.15. The van der Waals surface area contributed by atoms with Crippen LogP contribution in [0.2, 0.25) is 0 Å². The van der Waals surface area contributed by atoms with Gasteiger partial charge in [-0.2, -0.15) is 21.6 Å². The van der Waals surface area contributed by atoms with E-state index in [9.17, 15) is 21.6 Å². The van der Waals surface area contributed by atoms with E-state index in [1.54, 1.807) is 19.1 Å². The first-order valence-electron chi connectivity index (χ1n) is 5.31. The molecule has 0 aliphatic rings. The van der Waals surface area contributed by atoms with Crippen LogP contribution in [0.15, 0.2) is 29.2 Å². The van der Waals surface area contributed by atoms with Gasteiger partial charge in [-0.15, -0.1) is 0 Å². The molecular formula is C11H13F3O4S. The second kappa shape index (κ2) is 6.36. The molecule has 0 spiro atoms. The van der Waals surface area contributed by atoms with Crippen molar-refractivity contribution in [3.8, 4) is 0 Å². The Hall–Kier alpha value is -1.12. The second-order valence-corrected chi connectivity index (χ2v) is 5.37. The van der Waals surface area contributed by atoms with E-state index in [1.807, 2.05) is 0 Å². The summed E-state index contributed by atoms with van der Waals surface area (Å²) in [6, 6.07) is 5.91. The smallest absolute Gasteiger partial charge is 0.370 e. The van der Waals surface area contributed by atoms with Gasteiger partial charge in [-0.05, 0) is 19.1 Å². The number of alkyl halides is 3. The van der Waals surface area contributed by atoms with E-state index in [2.05, 4.69) is 8.92 Å². The van der Waals surface area contributed by atoms with Crippen LogP contribution in [0, 0.1) is 6.92 Å². The predicted octanol–water partition coefficient (Wildman–Crippen LogP) is 2.28. The third-order valence-electron chi connectivity index (χ3n) is 2.04. The standard InChI is InChI=1S/C11H13F3O4S/c1-9-2-4-10(5-3-9)19(15,16)18-7-6-17-8-11(12,13)14/h2-5H,6-8H2,1H3. The minimum atomic E-state index is -4.43. The van der Waals surface area contributed by atoms with Crippen molar-refractivity contribution in [1.29, 1.82) is 0 Å². The summed E-state index contributed by atoms with van der Waals surface area (Å²) in [5.41, 5.74) is 0.882. The lowest BCUT2D eigenvalue weighted by atomic mass is 10.2. The molecule has 1 aromatic carbocycles. The molecule has 1 rings (SSSR count). The van der Waals surface area contributed by atoms with Gasteiger partial charge in [0.2, 0.25) is 0 Å². The number of rotatable bonds is 6. The van der Waals surface area contributed by atoms with Gasteiger partial charge in [0.1, 0.15) is 6.61 Å². The number of halogens is 3. The van der Waals surface area contributed by atoms with E-state index in [0.717, 1.165) is 5.56 Å². The van der Waals surface area contributed by atoms with Crippen LogP contribution >= 0.6 is 0 Å². The van der Waals surface area contributed by atoms with Gasteiger partial charge in [-0.25, -0.2) is 0 Å². The Morgan fingerprint density at radius 2 is 1.68 bits per heavy atom. The van der Waals surface area contributed by atoms with Gasteiger partial charge in [0.25, 0.3) is 10.1 Å². The summed E-state index contributed by atoms with van der Waals surface area (Å²) in [6.45, 7) is -0.555. The maximum absolute atomic E-state index is 11.7. The highest BCUT2D eigenvalue weighted by atomic mass is 32.2. The van der Waals surface area contributed by atoms with Crippen molar-refractivity contribution in [2.24, 2.45) is 0 Å². The molecule has 0 aliphatic heterocycles. The summed E-state index contributed by atoms with van der Waals surface area (Å²) >= 11 is 0. The van der Waals surface area contributed by atoms with Crippen LogP contribution in [0.4, 0.5) is 13.2 Å². The van der Waals surface area contributed by atoms with Gasteiger partial charge in [0, 0.05) is 0 Å². The fourth-order valence-electron chi connectivity index (χ4n) is 1.16. The van der Waals surface area contributed by atoms with Crippen LogP contribution in [0.25, 0.3) is 0 Å². The Labute approximate surface area is 109 Å². The molecule has 0 radical (unpaired) electrons. The molecule has 0 unspecified atom stereocenters. The average molecular weight is 298 g/mol. The minimum absolute atomic E-state index is 0.0473. The second-order valence-electron chi connectivity index (χ2n) is 3.76. The van der Waals surface area contributed by atoms with Crippen molar-refractivity contribution in [2.45, 2.75) is 18.0 Å². The van der Waals surface area contributed by atoms with Crippen LogP contribution in [-0.4, -0.2) is 34.4 Å². The summed E-state index contributed by atoms with van der Waals surface area (Å²) in [6.07, 6.45) is -4.43. The molecule has 0 fully saturated rings. The quantitative estimate of drug-likeness (QED) is 0.597. The summed E-state index contributed by atoms with van der Waals surface area (Å²) in [5.74, 6) is 0. The lowest BCUT2D eigenvalue weighted by molar-refractivity contribution is -0.174. The van der Waals surface area contributed by atoms with E-state index < -0.39 is 36.1 Å². The molecule has 0 amide bonds. The fourth-order valence-corrected chi connectivity index (χ4v) is 2.06. The van der Waals surface area contributed by atoms with E-state index in [0.29, 0.717) is 0 Å². The third kappa shape index (κ3) is 6.04. The molecule has 0 saturated heterocycles. The minimum Gasteiger partial charge on any atom is -0.370 e. The van der Waals surface area contributed by atoms with Crippen LogP contribution in [0.5, 0.6) is 0 Å². The zero-order valence-corrected chi connectivity index (χ0v) is 10.9. The molecule has 19 heavy (non-hydrogen) atoms. The Morgan fingerprint density at radius 3 is 2.21 bits per heavy atom. The Kier molecular flexibility index (Phi) is 5.33. The van der Waals surface area contributed by atoms with E-state index in [-0.39, 0.29) is 4.90 Å². The van der Waals surface area contributed by atoms with Crippen molar-refractivity contribution in [3.05, 3.63) is 29.8 Å². The van der Waals surface area contributed by atoms with Gasteiger partial charge in [-0.3, -0.25) is 4.18 Å². The van der Waals surface area contributed by atoms with Crippen LogP contribution in [-0.2, 0) is 19.0 Å². The van der Waals surface area contributed by atoms with Crippen molar-refractivity contribution >= 4 is 10.1 Å². The predicted molar refractivity (Wildman–Crippen MR) is 61.2 cm³/mol. The lowest BCUT2D eigenvalue weighted by Gasteiger charge is -2.08. The fraction of sp³-hybridized carbons (Fsp3) is 0.455. The molecule has 0 N–H and O–H groups in total. The zero-order valence-electron chi connectivity index (χ0n) is 10.1. The summed E-state index contributed by atoms with van der Waals surface area (Å²) < 4.78 is 67.2. The van der Waals surface area contributed by atoms with Gasteiger partial charge in [0.05, 0.1) is 18.1 Å². The number of hydrogen-bond donors (Lipinski definition) is 0. The number of benzene rings is 1. The lowest BCUT2D eigenvalue weighted by Crippen LogP contribution is -2.19. The summed E-state index contributed by atoms with van der Waals surface area (Å²) in [7, 11) is -3.95. The van der Waals surface area contributed by atoms with Gasteiger partial charge in [0.15, 0.2) is 0 Å². The largest absolute Gasteiger partial charge is 0.411 e. The van der Waals surface area contributed by atoms with Crippen molar-refractivity contribution in [2.75, 3.05) is 19.8 Å². The van der Waals surface area contributed by atoms with Crippen molar-refractivity contribution in [3.63, 3.8) is 0 Å². The maximum atomic E-state index is 11.7. The zero-order chi connectivity index (χ0) is 14.5.